The lowest BCUT2D eigenvalue weighted by atomic mass is 10.1. The van der Waals surface area contributed by atoms with E-state index in [9.17, 15) is 13.2 Å². The Morgan fingerprint density at radius 3 is 2.32 bits per heavy atom. The Hall–Kier alpha value is -2.19. The Morgan fingerprint density at radius 2 is 1.71 bits per heavy atom. The molecule has 0 atom stereocenters. The van der Waals surface area contributed by atoms with Crippen LogP contribution in [0.1, 0.15) is 30.1 Å². The topological polar surface area (TPSA) is 84.5 Å². The number of anilines is 1. The van der Waals surface area contributed by atoms with Crippen molar-refractivity contribution in [3.05, 3.63) is 54.1 Å². The molecule has 1 aliphatic rings. The molecule has 2 N–H and O–H groups in total. The van der Waals surface area contributed by atoms with Gasteiger partial charge in [-0.15, -0.1) is 0 Å². The molecule has 0 unspecified atom stereocenters. The summed E-state index contributed by atoms with van der Waals surface area (Å²) in [6, 6.07) is 12.9. The molecule has 0 aromatic heterocycles. The second kappa shape index (κ2) is 9.34. The number of nitrogens with one attached hydrogen (secondary N) is 2. The van der Waals surface area contributed by atoms with E-state index in [-0.39, 0.29) is 16.8 Å². The van der Waals surface area contributed by atoms with Crippen LogP contribution in [0.15, 0.2) is 53.4 Å². The van der Waals surface area contributed by atoms with Crippen LogP contribution in [-0.2, 0) is 10.0 Å². The fourth-order valence-corrected chi connectivity index (χ4v) is 5.06. The summed E-state index contributed by atoms with van der Waals surface area (Å²) in [6.45, 7) is 2.43. The van der Waals surface area contributed by atoms with Gasteiger partial charge in [0, 0.05) is 17.3 Å². The molecule has 0 bridgehead atoms. The molecule has 0 saturated carbocycles. The van der Waals surface area contributed by atoms with Crippen LogP contribution in [0.4, 0.5) is 5.69 Å². The fourth-order valence-electron chi connectivity index (χ4n) is 2.90. The second-order valence-corrected chi connectivity index (χ2v) is 9.35. The van der Waals surface area contributed by atoms with E-state index in [1.54, 1.807) is 36.4 Å². The van der Waals surface area contributed by atoms with Gasteiger partial charge in [0.2, 0.25) is 0 Å². The molecule has 1 saturated heterocycles. The van der Waals surface area contributed by atoms with Gasteiger partial charge in [-0.1, -0.05) is 0 Å². The fraction of sp³-hybridized carbons (Fsp3) is 0.350. The molecule has 150 valence electrons. The van der Waals surface area contributed by atoms with E-state index in [1.165, 1.54) is 12.1 Å². The number of amides is 1. The van der Waals surface area contributed by atoms with Gasteiger partial charge in [-0.25, -0.2) is 8.42 Å². The van der Waals surface area contributed by atoms with E-state index in [1.807, 2.05) is 18.7 Å². The van der Waals surface area contributed by atoms with Gasteiger partial charge in [0.15, 0.2) is 0 Å². The Balaban J connectivity index is 1.64. The molecule has 1 fully saturated rings. The SMILES string of the molecule is CCOc1ccc(NS(=O)(=O)c2ccc(C(=O)NC3CCSCC3)cc2)cc1. The zero-order valence-corrected chi connectivity index (χ0v) is 17.3. The number of carbonyl (C=O) groups is 1. The van der Waals surface area contributed by atoms with Crippen LogP contribution in [0.5, 0.6) is 5.75 Å². The molecule has 1 amide bonds. The van der Waals surface area contributed by atoms with Gasteiger partial charge < -0.3 is 10.1 Å². The number of thioether (sulfide) groups is 1. The third-order valence-electron chi connectivity index (χ3n) is 4.40. The van der Waals surface area contributed by atoms with E-state index in [0.29, 0.717) is 23.6 Å². The van der Waals surface area contributed by atoms with Crippen LogP contribution in [0.3, 0.4) is 0 Å². The Kier molecular flexibility index (Phi) is 6.85. The van der Waals surface area contributed by atoms with Crippen molar-refractivity contribution in [3.8, 4) is 5.75 Å². The normalized spacial score (nSPS) is 15.0. The molecule has 8 heteroatoms. The highest BCUT2D eigenvalue weighted by Crippen LogP contribution is 2.21. The zero-order chi connectivity index (χ0) is 20.0. The smallest absolute Gasteiger partial charge is 0.261 e. The van der Waals surface area contributed by atoms with E-state index < -0.39 is 10.0 Å². The first-order chi connectivity index (χ1) is 13.5. The summed E-state index contributed by atoms with van der Waals surface area (Å²) in [7, 11) is -3.73. The zero-order valence-electron chi connectivity index (χ0n) is 15.7. The molecule has 3 rings (SSSR count). The van der Waals surface area contributed by atoms with Gasteiger partial charge in [-0.2, -0.15) is 11.8 Å². The standard InChI is InChI=1S/C20H24N2O4S2/c1-2-26-18-7-5-17(6-8-18)22-28(24,25)19-9-3-15(4-10-19)20(23)21-16-11-13-27-14-12-16/h3-10,16,22H,2,11-14H2,1H3,(H,21,23). The number of ether oxygens (including phenoxy) is 1. The molecule has 0 spiro atoms. The van der Waals surface area contributed by atoms with Crippen molar-refractivity contribution in [1.29, 1.82) is 0 Å². The quantitative estimate of drug-likeness (QED) is 0.716. The summed E-state index contributed by atoms with van der Waals surface area (Å²) >= 11 is 1.90. The first kappa shape index (κ1) is 20.5. The number of hydrogen-bond donors (Lipinski definition) is 2. The number of benzene rings is 2. The molecule has 2 aromatic rings. The molecule has 0 radical (unpaired) electrons. The summed E-state index contributed by atoms with van der Waals surface area (Å²) in [4.78, 5) is 12.5. The van der Waals surface area contributed by atoms with E-state index in [4.69, 9.17) is 4.74 Å². The average molecular weight is 421 g/mol. The minimum absolute atomic E-state index is 0.104. The van der Waals surface area contributed by atoms with E-state index in [0.717, 1.165) is 24.3 Å². The summed E-state index contributed by atoms with van der Waals surface area (Å²) < 4.78 is 33.0. The third kappa shape index (κ3) is 5.42. The molecule has 28 heavy (non-hydrogen) atoms. The second-order valence-electron chi connectivity index (χ2n) is 6.45. The summed E-state index contributed by atoms with van der Waals surface area (Å²) in [5.41, 5.74) is 0.902. The highest BCUT2D eigenvalue weighted by molar-refractivity contribution is 7.99. The first-order valence-corrected chi connectivity index (χ1v) is 11.9. The molecule has 1 heterocycles. The lowest BCUT2D eigenvalue weighted by Crippen LogP contribution is -2.37. The molecular weight excluding hydrogens is 396 g/mol. The number of carbonyl (C=O) groups excluding carboxylic acids is 1. The van der Waals surface area contributed by atoms with Crippen LogP contribution in [-0.4, -0.2) is 38.5 Å². The summed E-state index contributed by atoms with van der Waals surface area (Å²) in [5, 5.41) is 3.02. The van der Waals surface area contributed by atoms with Crippen molar-refractivity contribution in [1.82, 2.24) is 5.32 Å². The minimum atomic E-state index is -3.73. The predicted molar refractivity (Wildman–Crippen MR) is 113 cm³/mol. The lowest BCUT2D eigenvalue weighted by Gasteiger charge is -2.22. The van der Waals surface area contributed by atoms with E-state index >= 15 is 0 Å². The van der Waals surface area contributed by atoms with Crippen molar-refractivity contribution < 1.29 is 17.9 Å². The van der Waals surface area contributed by atoms with Crippen molar-refractivity contribution in [2.75, 3.05) is 22.8 Å². The maximum Gasteiger partial charge on any atom is 0.261 e. The van der Waals surface area contributed by atoms with Crippen LogP contribution in [0, 0.1) is 0 Å². The van der Waals surface area contributed by atoms with Crippen molar-refractivity contribution in [2.45, 2.75) is 30.7 Å². The van der Waals surface area contributed by atoms with Gasteiger partial charge in [-0.3, -0.25) is 9.52 Å². The summed E-state index contributed by atoms with van der Waals surface area (Å²) in [5.74, 6) is 2.62. The van der Waals surface area contributed by atoms with Crippen LogP contribution in [0.2, 0.25) is 0 Å². The van der Waals surface area contributed by atoms with Gasteiger partial charge in [0.25, 0.3) is 15.9 Å². The van der Waals surface area contributed by atoms with Crippen LogP contribution >= 0.6 is 11.8 Å². The van der Waals surface area contributed by atoms with E-state index in [2.05, 4.69) is 10.0 Å². The molecule has 2 aromatic carbocycles. The largest absolute Gasteiger partial charge is 0.494 e. The third-order valence-corrected chi connectivity index (χ3v) is 6.85. The highest BCUT2D eigenvalue weighted by Gasteiger charge is 2.18. The number of rotatable bonds is 7. The van der Waals surface area contributed by atoms with Crippen molar-refractivity contribution >= 4 is 33.4 Å². The molecular formula is C20H24N2O4S2. The minimum Gasteiger partial charge on any atom is -0.494 e. The predicted octanol–water partition coefficient (Wildman–Crippen LogP) is 3.51. The average Bonchev–Trinajstić information content (AvgIpc) is 2.70. The molecule has 6 nitrogen and oxygen atoms in total. The van der Waals surface area contributed by atoms with Crippen molar-refractivity contribution in [3.63, 3.8) is 0 Å². The highest BCUT2D eigenvalue weighted by atomic mass is 32.2. The Labute approximate surface area is 170 Å². The van der Waals surface area contributed by atoms with Gasteiger partial charge in [-0.05, 0) is 79.8 Å². The maximum atomic E-state index is 12.6. The lowest BCUT2D eigenvalue weighted by molar-refractivity contribution is 0.0934. The van der Waals surface area contributed by atoms with Gasteiger partial charge in [0.1, 0.15) is 5.75 Å². The first-order valence-electron chi connectivity index (χ1n) is 9.22. The van der Waals surface area contributed by atoms with Crippen molar-refractivity contribution in [2.24, 2.45) is 0 Å². The Bertz CT molecular complexity index is 891. The molecule has 1 aliphatic heterocycles. The monoisotopic (exact) mass is 420 g/mol. The van der Waals surface area contributed by atoms with Gasteiger partial charge >= 0.3 is 0 Å². The van der Waals surface area contributed by atoms with Crippen LogP contribution in [0.25, 0.3) is 0 Å². The Morgan fingerprint density at radius 1 is 1.07 bits per heavy atom. The van der Waals surface area contributed by atoms with Gasteiger partial charge in [0.05, 0.1) is 11.5 Å². The molecule has 0 aliphatic carbocycles. The van der Waals surface area contributed by atoms with Crippen LogP contribution < -0.4 is 14.8 Å². The maximum absolute atomic E-state index is 12.6. The number of sulfonamides is 1. The summed E-state index contributed by atoms with van der Waals surface area (Å²) in [6.07, 6.45) is 1.93. The number of hydrogen-bond acceptors (Lipinski definition) is 5.